The molecule has 0 aromatic heterocycles. The van der Waals surface area contributed by atoms with Gasteiger partial charge < -0.3 is 10.6 Å². The number of nitrogens with zero attached hydrogens (tertiary/aromatic N) is 1. The van der Waals surface area contributed by atoms with Crippen molar-refractivity contribution in [2.75, 3.05) is 31.9 Å². The van der Waals surface area contributed by atoms with Gasteiger partial charge in [0.05, 0.1) is 11.8 Å². The first-order chi connectivity index (χ1) is 10.0. The SMILES string of the molecule is C=CCS(=O)(=O)N1CCCC(CNC(=O)C2CCCN2)C1. The van der Waals surface area contributed by atoms with Crippen LogP contribution in [0.15, 0.2) is 12.7 Å². The fraction of sp³-hybridized carbons (Fsp3) is 0.786. The Bertz CT molecular complexity index is 472. The van der Waals surface area contributed by atoms with Crippen molar-refractivity contribution in [2.45, 2.75) is 31.7 Å². The topological polar surface area (TPSA) is 78.5 Å². The van der Waals surface area contributed by atoms with Crippen molar-refractivity contribution in [2.24, 2.45) is 5.92 Å². The van der Waals surface area contributed by atoms with Gasteiger partial charge in [-0.25, -0.2) is 12.7 Å². The van der Waals surface area contributed by atoms with E-state index in [0.29, 0.717) is 19.6 Å². The lowest BCUT2D eigenvalue weighted by atomic mass is 9.99. The Labute approximate surface area is 127 Å². The van der Waals surface area contributed by atoms with Crippen LogP contribution >= 0.6 is 0 Å². The normalized spacial score (nSPS) is 27.4. The molecule has 2 unspecified atom stereocenters. The number of amides is 1. The third-order valence-electron chi connectivity index (χ3n) is 4.15. The van der Waals surface area contributed by atoms with Crippen LogP contribution in [0.1, 0.15) is 25.7 Å². The number of hydrogen-bond donors (Lipinski definition) is 2. The van der Waals surface area contributed by atoms with E-state index in [1.165, 1.54) is 10.4 Å². The lowest BCUT2D eigenvalue weighted by molar-refractivity contribution is -0.123. The molecular weight excluding hydrogens is 290 g/mol. The van der Waals surface area contributed by atoms with Gasteiger partial charge in [0.15, 0.2) is 0 Å². The highest BCUT2D eigenvalue weighted by Crippen LogP contribution is 2.19. The summed E-state index contributed by atoms with van der Waals surface area (Å²) in [6.45, 7) is 6.01. The van der Waals surface area contributed by atoms with E-state index in [4.69, 9.17) is 0 Å². The number of sulfonamides is 1. The van der Waals surface area contributed by atoms with Crippen LogP contribution in [0.4, 0.5) is 0 Å². The molecule has 0 bridgehead atoms. The summed E-state index contributed by atoms with van der Waals surface area (Å²) in [6.07, 6.45) is 5.15. The summed E-state index contributed by atoms with van der Waals surface area (Å²) < 4.78 is 25.6. The van der Waals surface area contributed by atoms with Crippen LogP contribution in [-0.4, -0.2) is 56.6 Å². The summed E-state index contributed by atoms with van der Waals surface area (Å²) in [5.74, 6) is 0.222. The number of rotatable bonds is 6. The Hall–Kier alpha value is -0.920. The molecule has 120 valence electrons. The predicted molar refractivity (Wildman–Crippen MR) is 82.3 cm³/mol. The second-order valence-electron chi connectivity index (χ2n) is 5.83. The van der Waals surface area contributed by atoms with Crippen LogP contribution < -0.4 is 10.6 Å². The van der Waals surface area contributed by atoms with Crippen LogP contribution in [-0.2, 0) is 14.8 Å². The summed E-state index contributed by atoms with van der Waals surface area (Å²) >= 11 is 0. The first-order valence-corrected chi connectivity index (χ1v) is 9.23. The summed E-state index contributed by atoms with van der Waals surface area (Å²) in [6, 6.07) is -0.0748. The van der Waals surface area contributed by atoms with Gasteiger partial charge in [-0.1, -0.05) is 6.08 Å². The summed E-state index contributed by atoms with van der Waals surface area (Å²) in [7, 11) is -3.23. The molecule has 21 heavy (non-hydrogen) atoms. The zero-order valence-corrected chi connectivity index (χ0v) is 13.2. The van der Waals surface area contributed by atoms with E-state index in [0.717, 1.165) is 32.2 Å². The molecule has 6 nitrogen and oxygen atoms in total. The molecular formula is C14H25N3O3S. The van der Waals surface area contributed by atoms with Crippen molar-refractivity contribution in [3.8, 4) is 0 Å². The second-order valence-corrected chi connectivity index (χ2v) is 7.84. The van der Waals surface area contributed by atoms with Gasteiger partial charge in [-0.05, 0) is 38.1 Å². The molecule has 0 spiro atoms. The van der Waals surface area contributed by atoms with Crippen LogP contribution in [0.2, 0.25) is 0 Å². The number of carbonyl (C=O) groups excluding carboxylic acids is 1. The molecule has 0 aromatic rings. The van der Waals surface area contributed by atoms with Crippen LogP contribution in [0.25, 0.3) is 0 Å². The maximum Gasteiger partial charge on any atom is 0.237 e. The minimum atomic E-state index is -3.23. The van der Waals surface area contributed by atoms with E-state index in [2.05, 4.69) is 17.2 Å². The standard InChI is InChI=1S/C14H25N3O3S/c1-2-9-21(19,20)17-8-4-5-12(11-17)10-16-14(18)13-6-3-7-15-13/h2,12-13,15H,1,3-11H2,(H,16,18). The van der Waals surface area contributed by atoms with Crippen molar-refractivity contribution in [1.29, 1.82) is 0 Å². The van der Waals surface area contributed by atoms with Crippen molar-refractivity contribution < 1.29 is 13.2 Å². The minimum absolute atomic E-state index is 0.0158. The Morgan fingerprint density at radius 1 is 1.38 bits per heavy atom. The molecule has 0 aliphatic carbocycles. The highest BCUT2D eigenvalue weighted by Gasteiger charge is 2.29. The summed E-state index contributed by atoms with van der Waals surface area (Å²) in [5.41, 5.74) is 0. The Morgan fingerprint density at radius 3 is 2.86 bits per heavy atom. The number of hydrogen-bond acceptors (Lipinski definition) is 4. The number of piperidine rings is 1. The lowest BCUT2D eigenvalue weighted by Crippen LogP contribution is -2.47. The Kier molecular flexibility index (Phi) is 5.78. The van der Waals surface area contributed by atoms with Gasteiger partial charge in [0.25, 0.3) is 0 Å². The van der Waals surface area contributed by atoms with E-state index < -0.39 is 10.0 Å². The molecule has 1 amide bonds. The first-order valence-electron chi connectivity index (χ1n) is 7.63. The van der Waals surface area contributed by atoms with E-state index >= 15 is 0 Å². The maximum atomic E-state index is 12.0. The average molecular weight is 315 g/mol. The maximum absolute atomic E-state index is 12.0. The minimum Gasteiger partial charge on any atom is -0.354 e. The fourth-order valence-electron chi connectivity index (χ4n) is 2.98. The van der Waals surface area contributed by atoms with Gasteiger partial charge in [-0.2, -0.15) is 0 Å². The largest absolute Gasteiger partial charge is 0.354 e. The van der Waals surface area contributed by atoms with Crippen LogP contribution in [0.5, 0.6) is 0 Å². The number of carbonyl (C=O) groups is 1. The van der Waals surface area contributed by atoms with E-state index in [1.807, 2.05) is 0 Å². The average Bonchev–Trinajstić information content (AvgIpc) is 2.99. The molecule has 0 radical (unpaired) electrons. The van der Waals surface area contributed by atoms with Gasteiger partial charge in [-0.3, -0.25) is 4.79 Å². The van der Waals surface area contributed by atoms with Crippen molar-refractivity contribution >= 4 is 15.9 Å². The zero-order chi connectivity index (χ0) is 15.3. The second kappa shape index (κ2) is 7.38. The molecule has 2 N–H and O–H groups in total. The molecule has 2 rings (SSSR count). The van der Waals surface area contributed by atoms with Gasteiger partial charge in [-0.15, -0.1) is 6.58 Å². The van der Waals surface area contributed by atoms with Gasteiger partial charge in [0.2, 0.25) is 15.9 Å². The highest BCUT2D eigenvalue weighted by molar-refractivity contribution is 7.89. The predicted octanol–water partition coefficient (Wildman–Crippen LogP) is 0.0824. The third-order valence-corrected chi connectivity index (χ3v) is 5.92. The smallest absolute Gasteiger partial charge is 0.237 e. The molecule has 7 heteroatoms. The van der Waals surface area contributed by atoms with E-state index in [1.54, 1.807) is 0 Å². The van der Waals surface area contributed by atoms with Crippen molar-refractivity contribution in [3.63, 3.8) is 0 Å². The Balaban J connectivity index is 1.81. The summed E-state index contributed by atoms with van der Waals surface area (Å²) in [4.78, 5) is 12.0. The van der Waals surface area contributed by atoms with Gasteiger partial charge >= 0.3 is 0 Å². The Morgan fingerprint density at radius 2 is 2.19 bits per heavy atom. The molecule has 2 atom stereocenters. The third kappa shape index (κ3) is 4.52. The van der Waals surface area contributed by atoms with E-state index in [9.17, 15) is 13.2 Å². The van der Waals surface area contributed by atoms with Crippen molar-refractivity contribution in [3.05, 3.63) is 12.7 Å². The zero-order valence-electron chi connectivity index (χ0n) is 12.4. The van der Waals surface area contributed by atoms with Gasteiger partial charge in [0.1, 0.15) is 0 Å². The monoisotopic (exact) mass is 315 g/mol. The molecule has 2 heterocycles. The van der Waals surface area contributed by atoms with Crippen LogP contribution in [0.3, 0.4) is 0 Å². The quantitative estimate of drug-likeness (QED) is 0.681. The molecule has 2 fully saturated rings. The van der Waals surface area contributed by atoms with E-state index in [-0.39, 0.29) is 23.6 Å². The highest BCUT2D eigenvalue weighted by atomic mass is 32.2. The lowest BCUT2D eigenvalue weighted by Gasteiger charge is -2.32. The fourth-order valence-corrected chi connectivity index (χ4v) is 4.33. The first kappa shape index (κ1) is 16.5. The molecule has 0 saturated carbocycles. The summed E-state index contributed by atoms with van der Waals surface area (Å²) in [5, 5.41) is 6.12. The molecule has 0 aromatic carbocycles. The van der Waals surface area contributed by atoms with Gasteiger partial charge in [0, 0.05) is 19.6 Å². The number of nitrogens with one attached hydrogen (secondary N) is 2. The van der Waals surface area contributed by atoms with Crippen molar-refractivity contribution in [1.82, 2.24) is 14.9 Å². The molecule has 2 aliphatic rings. The van der Waals surface area contributed by atoms with Crippen LogP contribution in [0, 0.1) is 5.92 Å². The molecule has 2 saturated heterocycles. The molecule has 2 aliphatic heterocycles.